The highest BCUT2D eigenvalue weighted by Gasteiger charge is 2.29. The number of amides is 1. The first-order valence-electron chi connectivity index (χ1n) is 10.1. The maximum absolute atomic E-state index is 12.8. The van der Waals surface area contributed by atoms with E-state index in [9.17, 15) is 4.79 Å². The van der Waals surface area contributed by atoms with Gasteiger partial charge in [0.05, 0.1) is 18.4 Å². The van der Waals surface area contributed by atoms with Crippen LogP contribution in [0.3, 0.4) is 0 Å². The number of thioether (sulfide) groups is 1. The van der Waals surface area contributed by atoms with Crippen molar-refractivity contribution in [2.45, 2.75) is 95.6 Å². The van der Waals surface area contributed by atoms with Crippen LogP contribution in [0.4, 0.5) is 0 Å². The van der Waals surface area contributed by atoms with Gasteiger partial charge < -0.3 is 14.2 Å². The highest BCUT2D eigenvalue weighted by atomic mass is 32.2. The molecule has 3 atom stereocenters. The molecule has 26 heavy (non-hydrogen) atoms. The minimum absolute atomic E-state index is 0.221. The maximum Gasteiger partial charge on any atom is 0.233 e. The van der Waals surface area contributed by atoms with E-state index < -0.39 is 0 Å². The monoisotopic (exact) mass is 380 g/mol. The highest BCUT2D eigenvalue weighted by Crippen LogP contribution is 2.26. The van der Waals surface area contributed by atoms with Crippen LogP contribution in [0.15, 0.2) is 5.16 Å². The molecule has 146 valence electrons. The number of hydrogen-bond acceptors (Lipinski definition) is 5. The summed E-state index contributed by atoms with van der Waals surface area (Å²) in [6.45, 7) is 8.13. The molecule has 0 N–H and O–H groups in total. The summed E-state index contributed by atoms with van der Waals surface area (Å²) in [5.74, 6) is 1.67. The Labute approximate surface area is 161 Å². The molecular weight excluding hydrogens is 348 g/mol. The standard InChI is InChI=1S/C19H32N4O2S/c1-4-7-17-20-21-19(22(17)12-16-10-6-11-25-16)26-13-18(24)23-14(2)8-5-9-15(23)3/h14-16H,4-13H2,1-3H3/t14-,15-,16+/m1/s1. The van der Waals surface area contributed by atoms with Gasteiger partial charge in [-0.05, 0) is 52.4 Å². The molecule has 2 saturated heterocycles. The first-order chi connectivity index (χ1) is 12.6. The average Bonchev–Trinajstić information content (AvgIpc) is 3.25. The van der Waals surface area contributed by atoms with Gasteiger partial charge in [-0.2, -0.15) is 0 Å². The second-order valence-corrected chi connectivity index (χ2v) is 8.56. The van der Waals surface area contributed by atoms with Gasteiger partial charge in [-0.1, -0.05) is 18.7 Å². The van der Waals surface area contributed by atoms with Crippen LogP contribution in [0, 0.1) is 0 Å². The molecule has 1 amide bonds. The maximum atomic E-state index is 12.8. The number of carbonyl (C=O) groups excluding carboxylic acids is 1. The van der Waals surface area contributed by atoms with Crippen molar-refractivity contribution in [2.24, 2.45) is 0 Å². The number of aromatic nitrogens is 3. The molecule has 2 aliphatic heterocycles. The van der Waals surface area contributed by atoms with Crippen molar-refractivity contribution in [3.8, 4) is 0 Å². The third kappa shape index (κ3) is 4.60. The summed E-state index contributed by atoms with van der Waals surface area (Å²) < 4.78 is 7.98. The third-order valence-corrected chi connectivity index (χ3v) is 6.44. The van der Waals surface area contributed by atoms with Crippen molar-refractivity contribution in [1.29, 1.82) is 0 Å². The summed E-state index contributed by atoms with van der Waals surface area (Å²) >= 11 is 1.53. The summed E-state index contributed by atoms with van der Waals surface area (Å²) in [6.07, 6.45) is 7.85. The van der Waals surface area contributed by atoms with E-state index in [0.29, 0.717) is 17.8 Å². The van der Waals surface area contributed by atoms with Crippen molar-refractivity contribution >= 4 is 17.7 Å². The lowest BCUT2D eigenvalue weighted by Crippen LogP contribution is -2.48. The zero-order chi connectivity index (χ0) is 18.5. The Morgan fingerprint density at radius 1 is 1.19 bits per heavy atom. The molecule has 7 heteroatoms. The van der Waals surface area contributed by atoms with E-state index in [1.165, 1.54) is 18.2 Å². The number of rotatable bonds is 7. The number of nitrogens with zero attached hydrogens (tertiary/aromatic N) is 4. The Balaban J connectivity index is 1.65. The molecule has 2 fully saturated rings. The summed E-state index contributed by atoms with van der Waals surface area (Å²) in [6, 6.07) is 0.680. The molecule has 3 heterocycles. The molecule has 1 aromatic rings. The quantitative estimate of drug-likeness (QED) is 0.679. The van der Waals surface area contributed by atoms with Gasteiger partial charge in [0, 0.05) is 25.1 Å². The highest BCUT2D eigenvalue weighted by molar-refractivity contribution is 7.99. The summed E-state index contributed by atoms with van der Waals surface area (Å²) in [5, 5.41) is 9.62. The Bertz CT molecular complexity index is 590. The summed E-state index contributed by atoms with van der Waals surface area (Å²) in [4.78, 5) is 14.9. The molecule has 3 rings (SSSR count). The van der Waals surface area contributed by atoms with Crippen LogP contribution in [-0.2, 0) is 22.5 Å². The van der Waals surface area contributed by atoms with Crippen LogP contribution in [-0.4, -0.2) is 56.1 Å². The van der Waals surface area contributed by atoms with Gasteiger partial charge in [0.25, 0.3) is 0 Å². The minimum Gasteiger partial charge on any atom is -0.376 e. The van der Waals surface area contributed by atoms with Crippen LogP contribution in [0.1, 0.15) is 65.1 Å². The van der Waals surface area contributed by atoms with Crippen molar-refractivity contribution in [3.05, 3.63) is 5.82 Å². The molecule has 0 aliphatic carbocycles. The van der Waals surface area contributed by atoms with E-state index in [2.05, 4.69) is 40.4 Å². The van der Waals surface area contributed by atoms with E-state index in [-0.39, 0.29) is 12.0 Å². The molecule has 0 spiro atoms. The van der Waals surface area contributed by atoms with Crippen LogP contribution < -0.4 is 0 Å². The zero-order valence-corrected chi connectivity index (χ0v) is 17.1. The number of ether oxygens (including phenoxy) is 1. The van der Waals surface area contributed by atoms with Crippen LogP contribution in [0.25, 0.3) is 0 Å². The summed E-state index contributed by atoms with van der Waals surface area (Å²) in [5.41, 5.74) is 0. The van der Waals surface area contributed by atoms with E-state index >= 15 is 0 Å². The average molecular weight is 381 g/mol. The molecule has 6 nitrogen and oxygen atoms in total. The van der Waals surface area contributed by atoms with Gasteiger partial charge in [-0.25, -0.2) is 0 Å². The van der Waals surface area contributed by atoms with E-state index in [1.807, 2.05) is 0 Å². The van der Waals surface area contributed by atoms with Crippen molar-refractivity contribution in [1.82, 2.24) is 19.7 Å². The molecule has 1 aromatic heterocycles. The number of likely N-dealkylation sites (tertiary alicyclic amines) is 1. The number of hydrogen-bond donors (Lipinski definition) is 0. The Kier molecular flexibility index (Phi) is 6.98. The molecule has 2 aliphatic rings. The fraction of sp³-hybridized carbons (Fsp3) is 0.842. The van der Waals surface area contributed by atoms with E-state index in [4.69, 9.17) is 4.74 Å². The Hall–Kier alpha value is -1.08. The third-order valence-electron chi connectivity index (χ3n) is 5.48. The van der Waals surface area contributed by atoms with E-state index in [0.717, 1.165) is 62.7 Å². The fourth-order valence-electron chi connectivity index (χ4n) is 4.12. The lowest BCUT2D eigenvalue weighted by molar-refractivity contribution is -0.134. The van der Waals surface area contributed by atoms with Gasteiger partial charge in [0.15, 0.2) is 5.16 Å². The smallest absolute Gasteiger partial charge is 0.233 e. The van der Waals surface area contributed by atoms with Crippen LogP contribution in [0.2, 0.25) is 0 Å². The van der Waals surface area contributed by atoms with Gasteiger partial charge in [0.1, 0.15) is 5.82 Å². The Morgan fingerprint density at radius 3 is 2.62 bits per heavy atom. The minimum atomic E-state index is 0.221. The summed E-state index contributed by atoms with van der Waals surface area (Å²) in [7, 11) is 0. The molecule has 0 bridgehead atoms. The normalized spacial score (nSPS) is 26.4. The second-order valence-electron chi connectivity index (χ2n) is 7.61. The molecular formula is C19H32N4O2S. The van der Waals surface area contributed by atoms with Crippen molar-refractivity contribution < 1.29 is 9.53 Å². The van der Waals surface area contributed by atoms with Gasteiger partial charge in [0.2, 0.25) is 5.91 Å². The molecule has 0 radical (unpaired) electrons. The van der Waals surface area contributed by atoms with Crippen molar-refractivity contribution in [2.75, 3.05) is 12.4 Å². The van der Waals surface area contributed by atoms with Crippen LogP contribution >= 0.6 is 11.8 Å². The predicted molar refractivity (Wildman–Crippen MR) is 103 cm³/mol. The predicted octanol–water partition coefficient (Wildman–Crippen LogP) is 3.29. The lowest BCUT2D eigenvalue weighted by Gasteiger charge is -2.39. The number of aryl methyl sites for hydroxylation is 1. The van der Waals surface area contributed by atoms with Gasteiger partial charge >= 0.3 is 0 Å². The topological polar surface area (TPSA) is 60.2 Å². The molecule has 0 unspecified atom stereocenters. The molecule has 0 saturated carbocycles. The Morgan fingerprint density at radius 2 is 1.96 bits per heavy atom. The zero-order valence-electron chi connectivity index (χ0n) is 16.3. The number of piperidine rings is 1. The lowest BCUT2D eigenvalue weighted by atomic mass is 9.98. The van der Waals surface area contributed by atoms with E-state index in [1.54, 1.807) is 0 Å². The number of carbonyl (C=O) groups is 1. The van der Waals surface area contributed by atoms with Crippen molar-refractivity contribution in [3.63, 3.8) is 0 Å². The van der Waals surface area contributed by atoms with Gasteiger partial charge in [-0.3, -0.25) is 4.79 Å². The second kappa shape index (κ2) is 9.22. The van der Waals surface area contributed by atoms with Gasteiger partial charge in [-0.15, -0.1) is 10.2 Å². The SMILES string of the molecule is CCCc1nnc(SCC(=O)N2[C@H](C)CCC[C@H]2C)n1C[C@@H]1CCCO1. The first kappa shape index (κ1) is 19.7. The fourth-order valence-corrected chi connectivity index (χ4v) is 4.96. The van der Waals surface area contributed by atoms with Crippen LogP contribution in [0.5, 0.6) is 0 Å². The molecule has 0 aromatic carbocycles. The largest absolute Gasteiger partial charge is 0.376 e. The first-order valence-corrected chi connectivity index (χ1v) is 11.1.